The molecule has 0 amide bonds. The van der Waals surface area contributed by atoms with Gasteiger partial charge < -0.3 is 0 Å². The lowest BCUT2D eigenvalue weighted by atomic mass is 9.91. The van der Waals surface area contributed by atoms with Gasteiger partial charge in [-0.1, -0.05) is 97.1 Å². The van der Waals surface area contributed by atoms with Crippen LogP contribution in [0.1, 0.15) is 0 Å². The maximum Gasteiger partial charge on any atom is 0.0273 e. The minimum atomic E-state index is 1.15. The zero-order chi connectivity index (χ0) is 30.5. The Balaban J connectivity index is 1.59. The van der Waals surface area contributed by atoms with E-state index in [0.29, 0.717) is 0 Å². The van der Waals surface area contributed by atoms with E-state index in [2.05, 4.69) is 156 Å². The highest BCUT2D eigenvalue weighted by molar-refractivity contribution is 6.27. The third-order valence-electron chi connectivity index (χ3n) is 9.26. The molecule has 2 heteroatoms. The van der Waals surface area contributed by atoms with Crippen molar-refractivity contribution in [1.29, 1.82) is 0 Å². The summed E-state index contributed by atoms with van der Waals surface area (Å²) in [5.74, 6) is 0. The first kappa shape index (κ1) is 26.3. The summed E-state index contributed by atoms with van der Waals surface area (Å²) in [6, 6.07) is 53.4. The summed E-state index contributed by atoms with van der Waals surface area (Å²) in [7, 11) is 0. The van der Waals surface area contributed by atoms with Gasteiger partial charge in [-0.3, -0.25) is 9.97 Å². The van der Waals surface area contributed by atoms with E-state index in [9.17, 15) is 0 Å². The first-order chi connectivity index (χ1) is 22.8. The molecule has 0 saturated heterocycles. The normalized spacial score (nSPS) is 11.5. The zero-order valence-corrected chi connectivity index (χ0v) is 25.1. The summed E-state index contributed by atoms with van der Waals surface area (Å²) in [4.78, 5) is 8.55. The lowest BCUT2D eigenvalue weighted by Crippen LogP contribution is -1.86. The molecule has 7 aromatic carbocycles. The molecule has 0 spiro atoms. The third-order valence-corrected chi connectivity index (χ3v) is 9.26. The molecule has 9 aromatic rings. The molecule has 2 heterocycles. The van der Waals surface area contributed by atoms with Crippen molar-refractivity contribution in [3.05, 3.63) is 170 Å². The van der Waals surface area contributed by atoms with Crippen LogP contribution in [0.25, 0.3) is 86.9 Å². The SMILES string of the molecule is c1ccc2cc3c4cc(-c5ccncc5)ccc4c4ccccc4c4ccc(-c5ccncc5)cc4c4ccccc4c3cc2c1. The van der Waals surface area contributed by atoms with Crippen molar-refractivity contribution in [2.75, 3.05) is 0 Å². The standard InChI is InChI=1S/C44H28N2/c1-2-8-32-26-44-42(25-31(32)7-1)38-12-6-5-11-37(38)41-27-33(29-17-21-45-22-18-29)13-15-39(41)35-9-3-4-10-36(35)40-16-14-34(28-43(40)44)30-19-23-46-24-20-30/h1-28H. The maximum atomic E-state index is 4.28. The van der Waals surface area contributed by atoms with Crippen molar-refractivity contribution < 1.29 is 0 Å². The van der Waals surface area contributed by atoms with E-state index in [1.54, 1.807) is 0 Å². The summed E-state index contributed by atoms with van der Waals surface area (Å²) in [5.41, 5.74) is 4.65. The first-order valence-electron chi connectivity index (χ1n) is 15.6. The molecule has 0 fully saturated rings. The molecule has 0 N–H and O–H groups in total. The highest BCUT2D eigenvalue weighted by Crippen LogP contribution is 2.39. The smallest absolute Gasteiger partial charge is 0.0273 e. The fraction of sp³-hybridized carbons (Fsp3) is 0. The van der Waals surface area contributed by atoms with Gasteiger partial charge in [0.25, 0.3) is 0 Å². The van der Waals surface area contributed by atoms with Crippen LogP contribution in [0.3, 0.4) is 0 Å². The zero-order valence-electron chi connectivity index (χ0n) is 25.1. The molecule has 0 aliphatic heterocycles. The Labute approximate surface area is 266 Å². The van der Waals surface area contributed by atoms with Crippen molar-refractivity contribution in [1.82, 2.24) is 9.97 Å². The molecule has 9 rings (SSSR count). The van der Waals surface area contributed by atoms with E-state index in [1.807, 2.05) is 24.8 Å². The largest absolute Gasteiger partial charge is 0.265 e. The topological polar surface area (TPSA) is 25.8 Å². The minimum absolute atomic E-state index is 1.15. The molecule has 46 heavy (non-hydrogen) atoms. The molecule has 2 nitrogen and oxygen atoms in total. The number of nitrogens with zero attached hydrogens (tertiary/aromatic N) is 2. The first-order valence-corrected chi connectivity index (χ1v) is 15.6. The molecule has 0 unspecified atom stereocenters. The molecule has 0 saturated carbocycles. The highest BCUT2D eigenvalue weighted by Gasteiger charge is 2.12. The number of pyridine rings is 2. The maximum absolute atomic E-state index is 4.28. The number of rotatable bonds is 2. The van der Waals surface area contributed by atoms with E-state index in [1.165, 1.54) is 75.8 Å². The number of hydrogen-bond acceptors (Lipinski definition) is 2. The Morgan fingerprint density at radius 2 is 0.565 bits per heavy atom. The van der Waals surface area contributed by atoms with Crippen molar-refractivity contribution in [2.45, 2.75) is 0 Å². The second-order valence-corrected chi connectivity index (χ2v) is 11.8. The molecule has 2 aromatic heterocycles. The van der Waals surface area contributed by atoms with Crippen molar-refractivity contribution in [3.8, 4) is 22.3 Å². The average molecular weight is 585 g/mol. The van der Waals surface area contributed by atoms with Crippen LogP contribution in [-0.2, 0) is 0 Å². The Morgan fingerprint density at radius 3 is 1.02 bits per heavy atom. The van der Waals surface area contributed by atoms with Crippen LogP contribution in [0.4, 0.5) is 0 Å². The van der Waals surface area contributed by atoms with Crippen LogP contribution in [0, 0.1) is 0 Å². The summed E-state index contributed by atoms with van der Waals surface area (Å²) < 4.78 is 0. The molecule has 0 radical (unpaired) electrons. The van der Waals surface area contributed by atoms with Gasteiger partial charge in [0.05, 0.1) is 0 Å². The fourth-order valence-electron chi connectivity index (χ4n) is 7.04. The predicted octanol–water partition coefficient (Wildman–Crippen LogP) is 11.9. The minimum Gasteiger partial charge on any atom is -0.265 e. The lowest BCUT2D eigenvalue weighted by molar-refractivity contribution is 1.33. The van der Waals surface area contributed by atoms with Gasteiger partial charge in [0.15, 0.2) is 0 Å². The van der Waals surface area contributed by atoms with E-state index < -0.39 is 0 Å². The van der Waals surface area contributed by atoms with Gasteiger partial charge in [-0.2, -0.15) is 0 Å². The molecular weight excluding hydrogens is 556 g/mol. The Hall–Kier alpha value is -6.12. The molecule has 0 atom stereocenters. The van der Waals surface area contributed by atoms with E-state index in [4.69, 9.17) is 0 Å². The van der Waals surface area contributed by atoms with Crippen LogP contribution >= 0.6 is 0 Å². The molecule has 0 aliphatic carbocycles. The average Bonchev–Trinajstić information content (AvgIpc) is 3.14. The van der Waals surface area contributed by atoms with Gasteiger partial charge in [-0.05, 0) is 135 Å². The van der Waals surface area contributed by atoms with Crippen molar-refractivity contribution >= 4 is 64.6 Å². The Bertz CT molecular complexity index is 2680. The van der Waals surface area contributed by atoms with E-state index in [-0.39, 0.29) is 0 Å². The van der Waals surface area contributed by atoms with Gasteiger partial charge in [-0.25, -0.2) is 0 Å². The van der Waals surface area contributed by atoms with Gasteiger partial charge in [-0.15, -0.1) is 0 Å². The molecular formula is C44H28N2. The Morgan fingerprint density at radius 1 is 0.239 bits per heavy atom. The van der Waals surface area contributed by atoms with Crippen LogP contribution < -0.4 is 0 Å². The van der Waals surface area contributed by atoms with E-state index >= 15 is 0 Å². The van der Waals surface area contributed by atoms with Gasteiger partial charge >= 0.3 is 0 Å². The third kappa shape index (κ3) is 4.35. The number of hydrogen-bond donors (Lipinski definition) is 0. The molecule has 214 valence electrons. The van der Waals surface area contributed by atoms with Crippen LogP contribution in [0.5, 0.6) is 0 Å². The number of aromatic nitrogens is 2. The van der Waals surface area contributed by atoms with Gasteiger partial charge in [0.1, 0.15) is 0 Å². The highest BCUT2D eigenvalue weighted by atomic mass is 14.6. The second-order valence-electron chi connectivity index (χ2n) is 11.8. The summed E-state index contributed by atoms with van der Waals surface area (Å²) >= 11 is 0. The van der Waals surface area contributed by atoms with Crippen LogP contribution in [0.15, 0.2) is 170 Å². The summed E-state index contributed by atoms with van der Waals surface area (Å²) in [5, 5.41) is 14.6. The number of benzene rings is 6. The predicted molar refractivity (Wildman–Crippen MR) is 196 cm³/mol. The fourth-order valence-corrected chi connectivity index (χ4v) is 7.04. The van der Waals surface area contributed by atoms with Crippen LogP contribution in [0.2, 0.25) is 0 Å². The Kier molecular flexibility index (Phi) is 6.17. The van der Waals surface area contributed by atoms with Crippen LogP contribution in [-0.4, -0.2) is 9.97 Å². The van der Waals surface area contributed by atoms with Crippen molar-refractivity contribution in [2.24, 2.45) is 0 Å². The molecule has 0 bridgehead atoms. The number of fused-ring (bicyclic) bond motifs is 11. The van der Waals surface area contributed by atoms with Gasteiger partial charge in [0, 0.05) is 24.8 Å². The van der Waals surface area contributed by atoms with Gasteiger partial charge in [0.2, 0.25) is 0 Å². The second kappa shape index (κ2) is 10.8. The monoisotopic (exact) mass is 584 g/mol. The summed E-state index contributed by atoms with van der Waals surface area (Å²) in [6.07, 6.45) is 7.46. The van der Waals surface area contributed by atoms with E-state index in [0.717, 1.165) is 11.1 Å². The molecule has 0 aliphatic rings. The lowest BCUT2D eigenvalue weighted by Gasteiger charge is -2.13. The summed E-state index contributed by atoms with van der Waals surface area (Å²) in [6.45, 7) is 0. The quantitative estimate of drug-likeness (QED) is 0.202. The van der Waals surface area contributed by atoms with Crippen molar-refractivity contribution in [3.63, 3.8) is 0 Å².